The highest BCUT2D eigenvalue weighted by molar-refractivity contribution is 5.79. The number of likely N-dealkylation sites (N-methyl/N-ethyl adjacent to an activating group) is 1. The molecular formula is C21H29N5O3. The van der Waals surface area contributed by atoms with Gasteiger partial charge < -0.3 is 15.2 Å². The largest absolute Gasteiger partial charge is 0.361 e. The average Bonchev–Trinajstić information content (AvgIpc) is 3.22. The molecule has 2 atom stereocenters. The molecule has 0 bridgehead atoms. The molecule has 2 aromatic heterocycles. The van der Waals surface area contributed by atoms with Gasteiger partial charge in [-0.1, -0.05) is 5.16 Å². The normalized spacial score (nSPS) is 19.3. The van der Waals surface area contributed by atoms with Crippen molar-refractivity contribution in [1.29, 1.82) is 0 Å². The summed E-state index contributed by atoms with van der Waals surface area (Å²) in [5.74, 6) is 0.696. The number of carbonyl (C=O) groups is 2. The zero-order chi connectivity index (χ0) is 20.8. The highest BCUT2D eigenvalue weighted by Crippen LogP contribution is 2.24. The fraction of sp³-hybridized carbons (Fsp3) is 0.524. The van der Waals surface area contributed by atoms with E-state index in [1.165, 1.54) is 0 Å². The molecule has 8 nitrogen and oxygen atoms in total. The molecule has 3 heterocycles. The monoisotopic (exact) mass is 399 g/mol. The predicted octanol–water partition coefficient (Wildman–Crippen LogP) is 1.51. The Bertz CT molecular complexity index is 817. The van der Waals surface area contributed by atoms with Crippen molar-refractivity contribution in [3.05, 3.63) is 47.1 Å². The van der Waals surface area contributed by atoms with Crippen LogP contribution in [0.4, 0.5) is 0 Å². The second kappa shape index (κ2) is 9.65. The number of nitrogens with zero attached hydrogens (tertiary/aromatic N) is 3. The van der Waals surface area contributed by atoms with Gasteiger partial charge in [0.25, 0.3) is 0 Å². The fourth-order valence-electron chi connectivity index (χ4n) is 3.78. The molecule has 0 unspecified atom stereocenters. The second-order valence-corrected chi connectivity index (χ2v) is 7.67. The van der Waals surface area contributed by atoms with Crippen LogP contribution in [0.15, 0.2) is 29.0 Å². The molecule has 0 aromatic carbocycles. The molecule has 29 heavy (non-hydrogen) atoms. The SMILES string of the molecule is Cc1noc(C)c1CC(=O)NC[C@@H]1CC[C@H](CC(=O)NCc2ccncc2)N1C. The number of hydrogen-bond acceptors (Lipinski definition) is 6. The summed E-state index contributed by atoms with van der Waals surface area (Å²) < 4.78 is 5.11. The maximum atomic E-state index is 12.3. The highest BCUT2D eigenvalue weighted by Gasteiger charge is 2.31. The zero-order valence-corrected chi connectivity index (χ0v) is 17.3. The van der Waals surface area contributed by atoms with Gasteiger partial charge >= 0.3 is 0 Å². The van der Waals surface area contributed by atoms with E-state index < -0.39 is 0 Å². The third-order valence-electron chi connectivity index (χ3n) is 5.70. The highest BCUT2D eigenvalue weighted by atomic mass is 16.5. The van der Waals surface area contributed by atoms with Crippen LogP contribution in [0.1, 0.15) is 41.8 Å². The predicted molar refractivity (Wildman–Crippen MR) is 108 cm³/mol. The first-order valence-electron chi connectivity index (χ1n) is 10.00. The van der Waals surface area contributed by atoms with Gasteiger partial charge in [0.1, 0.15) is 5.76 Å². The van der Waals surface area contributed by atoms with Crippen molar-refractivity contribution in [2.45, 2.75) is 58.2 Å². The number of amides is 2. The van der Waals surface area contributed by atoms with Crippen LogP contribution >= 0.6 is 0 Å². The minimum atomic E-state index is -0.0358. The Labute approximate surface area is 171 Å². The molecule has 0 radical (unpaired) electrons. The lowest BCUT2D eigenvalue weighted by atomic mass is 10.1. The molecule has 1 fully saturated rings. The summed E-state index contributed by atoms with van der Waals surface area (Å²) in [7, 11) is 2.03. The molecule has 2 amide bonds. The lowest BCUT2D eigenvalue weighted by Gasteiger charge is -2.25. The zero-order valence-electron chi connectivity index (χ0n) is 17.3. The van der Waals surface area contributed by atoms with Gasteiger partial charge in [0.05, 0.1) is 12.1 Å². The van der Waals surface area contributed by atoms with Gasteiger partial charge in [0.2, 0.25) is 11.8 Å². The van der Waals surface area contributed by atoms with E-state index in [0.29, 0.717) is 25.3 Å². The molecule has 2 N–H and O–H groups in total. The first-order valence-corrected chi connectivity index (χ1v) is 10.00. The van der Waals surface area contributed by atoms with Crippen LogP contribution in [-0.4, -0.2) is 52.5 Å². The van der Waals surface area contributed by atoms with E-state index >= 15 is 0 Å². The van der Waals surface area contributed by atoms with E-state index in [-0.39, 0.29) is 30.3 Å². The van der Waals surface area contributed by atoms with Gasteiger partial charge in [-0.05, 0) is 51.4 Å². The third-order valence-corrected chi connectivity index (χ3v) is 5.70. The molecule has 8 heteroatoms. The Morgan fingerprint density at radius 3 is 2.55 bits per heavy atom. The molecule has 1 aliphatic heterocycles. The van der Waals surface area contributed by atoms with Crippen LogP contribution in [0.3, 0.4) is 0 Å². The van der Waals surface area contributed by atoms with E-state index in [2.05, 4.69) is 25.7 Å². The lowest BCUT2D eigenvalue weighted by molar-refractivity contribution is -0.123. The number of hydrogen-bond donors (Lipinski definition) is 2. The number of likely N-dealkylation sites (tertiary alicyclic amines) is 1. The number of rotatable bonds is 8. The van der Waals surface area contributed by atoms with E-state index in [1.807, 2.05) is 33.0 Å². The number of aromatic nitrogens is 2. The maximum absolute atomic E-state index is 12.3. The van der Waals surface area contributed by atoms with Crippen LogP contribution in [0.2, 0.25) is 0 Å². The molecule has 2 aromatic rings. The molecule has 156 valence electrons. The Morgan fingerprint density at radius 2 is 1.86 bits per heavy atom. The van der Waals surface area contributed by atoms with E-state index in [0.717, 1.165) is 29.7 Å². The maximum Gasteiger partial charge on any atom is 0.224 e. The van der Waals surface area contributed by atoms with Crippen molar-refractivity contribution in [2.75, 3.05) is 13.6 Å². The number of pyridine rings is 1. The summed E-state index contributed by atoms with van der Waals surface area (Å²) in [5.41, 5.74) is 2.64. The summed E-state index contributed by atoms with van der Waals surface area (Å²) in [6.45, 7) is 4.75. The number of aryl methyl sites for hydroxylation is 2. The summed E-state index contributed by atoms with van der Waals surface area (Å²) in [4.78, 5) is 30.8. The third kappa shape index (κ3) is 5.63. The topological polar surface area (TPSA) is 100 Å². The summed E-state index contributed by atoms with van der Waals surface area (Å²) >= 11 is 0. The molecular weight excluding hydrogens is 370 g/mol. The first-order chi connectivity index (χ1) is 13.9. The molecule has 0 aliphatic carbocycles. The van der Waals surface area contributed by atoms with Crippen LogP contribution in [-0.2, 0) is 22.6 Å². The van der Waals surface area contributed by atoms with Gasteiger partial charge in [-0.15, -0.1) is 0 Å². The van der Waals surface area contributed by atoms with Gasteiger partial charge in [-0.3, -0.25) is 19.5 Å². The summed E-state index contributed by atoms with van der Waals surface area (Å²) in [6.07, 6.45) is 6.09. The van der Waals surface area contributed by atoms with Crippen molar-refractivity contribution in [3.63, 3.8) is 0 Å². The second-order valence-electron chi connectivity index (χ2n) is 7.67. The Hall–Kier alpha value is -2.74. The minimum absolute atomic E-state index is 0.0358. The van der Waals surface area contributed by atoms with E-state index in [4.69, 9.17) is 4.52 Å². The van der Waals surface area contributed by atoms with Gasteiger partial charge in [-0.25, -0.2) is 0 Å². The van der Waals surface area contributed by atoms with Gasteiger partial charge in [0, 0.05) is 49.6 Å². The van der Waals surface area contributed by atoms with Crippen molar-refractivity contribution < 1.29 is 14.1 Å². The summed E-state index contributed by atoms with van der Waals surface area (Å²) in [6, 6.07) is 4.21. The molecule has 0 saturated carbocycles. The Balaban J connectivity index is 1.40. The van der Waals surface area contributed by atoms with Crippen LogP contribution in [0.5, 0.6) is 0 Å². The fourth-order valence-corrected chi connectivity index (χ4v) is 3.78. The quantitative estimate of drug-likeness (QED) is 0.698. The standard InChI is InChI=1S/C21H29N5O3/c1-14-19(15(2)29-25-14)11-21(28)24-13-18-5-4-17(26(18)3)10-20(27)23-12-16-6-8-22-9-7-16/h6-9,17-18H,4-5,10-13H2,1-3H3,(H,23,27)(H,24,28)/t17-,18+/m1/s1. The lowest BCUT2D eigenvalue weighted by Crippen LogP contribution is -2.42. The molecule has 1 aliphatic rings. The molecule has 1 saturated heterocycles. The first kappa shape index (κ1) is 21.0. The number of nitrogens with one attached hydrogen (secondary N) is 2. The summed E-state index contributed by atoms with van der Waals surface area (Å²) in [5, 5.41) is 9.87. The van der Waals surface area contributed by atoms with Crippen LogP contribution in [0, 0.1) is 13.8 Å². The smallest absolute Gasteiger partial charge is 0.224 e. The van der Waals surface area contributed by atoms with Crippen molar-refractivity contribution >= 4 is 11.8 Å². The Morgan fingerprint density at radius 1 is 1.14 bits per heavy atom. The average molecular weight is 399 g/mol. The Kier molecular flexibility index (Phi) is 6.98. The van der Waals surface area contributed by atoms with Crippen molar-refractivity contribution in [2.24, 2.45) is 0 Å². The van der Waals surface area contributed by atoms with E-state index in [9.17, 15) is 9.59 Å². The van der Waals surface area contributed by atoms with Gasteiger partial charge in [0.15, 0.2) is 0 Å². The minimum Gasteiger partial charge on any atom is -0.361 e. The van der Waals surface area contributed by atoms with Crippen LogP contribution in [0.25, 0.3) is 0 Å². The van der Waals surface area contributed by atoms with Crippen molar-refractivity contribution in [3.8, 4) is 0 Å². The molecule has 0 spiro atoms. The molecule has 3 rings (SSSR count). The van der Waals surface area contributed by atoms with E-state index in [1.54, 1.807) is 12.4 Å². The van der Waals surface area contributed by atoms with Gasteiger partial charge in [-0.2, -0.15) is 0 Å². The van der Waals surface area contributed by atoms with Crippen molar-refractivity contribution in [1.82, 2.24) is 25.7 Å². The van der Waals surface area contributed by atoms with Crippen LogP contribution < -0.4 is 10.6 Å². The number of carbonyl (C=O) groups excluding carboxylic acids is 2.